The SMILES string of the molecule is COc1ccc(F)c(Cl)c1C1CC1CO. The van der Waals surface area contributed by atoms with Crippen molar-refractivity contribution in [3.8, 4) is 5.75 Å². The number of ether oxygens (including phenoxy) is 1. The van der Waals surface area contributed by atoms with Crippen molar-refractivity contribution in [3.63, 3.8) is 0 Å². The van der Waals surface area contributed by atoms with Crippen molar-refractivity contribution >= 4 is 11.6 Å². The van der Waals surface area contributed by atoms with Gasteiger partial charge in [0.2, 0.25) is 0 Å². The van der Waals surface area contributed by atoms with E-state index in [2.05, 4.69) is 0 Å². The number of hydrogen-bond donors (Lipinski definition) is 1. The van der Waals surface area contributed by atoms with Crippen molar-refractivity contribution < 1.29 is 14.2 Å². The van der Waals surface area contributed by atoms with Crippen LogP contribution >= 0.6 is 11.6 Å². The highest BCUT2D eigenvalue weighted by Gasteiger charge is 2.41. The minimum absolute atomic E-state index is 0.112. The van der Waals surface area contributed by atoms with Crippen LogP contribution in [0.25, 0.3) is 0 Å². The van der Waals surface area contributed by atoms with E-state index < -0.39 is 5.82 Å². The molecule has 1 aliphatic carbocycles. The van der Waals surface area contributed by atoms with E-state index in [1.807, 2.05) is 0 Å². The minimum Gasteiger partial charge on any atom is -0.496 e. The lowest BCUT2D eigenvalue weighted by atomic mass is 10.1. The van der Waals surface area contributed by atoms with Gasteiger partial charge in [0.05, 0.1) is 12.1 Å². The summed E-state index contributed by atoms with van der Waals surface area (Å²) in [6.45, 7) is 0.112. The number of aliphatic hydroxyl groups is 1. The molecule has 0 aliphatic heterocycles. The van der Waals surface area contributed by atoms with Crippen LogP contribution in [-0.4, -0.2) is 18.8 Å². The molecular weight excluding hydrogens is 219 g/mol. The van der Waals surface area contributed by atoms with Crippen molar-refractivity contribution in [2.45, 2.75) is 12.3 Å². The minimum atomic E-state index is -0.434. The van der Waals surface area contributed by atoms with E-state index >= 15 is 0 Å². The summed E-state index contributed by atoms with van der Waals surface area (Å²) in [4.78, 5) is 0. The molecule has 1 fully saturated rings. The zero-order valence-corrected chi connectivity index (χ0v) is 9.09. The highest BCUT2D eigenvalue weighted by molar-refractivity contribution is 6.31. The van der Waals surface area contributed by atoms with E-state index in [4.69, 9.17) is 21.4 Å². The van der Waals surface area contributed by atoms with Crippen LogP contribution in [0.2, 0.25) is 5.02 Å². The van der Waals surface area contributed by atoms with Gasteiger partial charge in [-0.15, -0.1) is 0 Å². The Morgan fingerprint density at radius 2 is 2.33 bits per heavy atom. The zero-order valence-electron chi connectivity index (χ0n) is 8.34. The molecule has 2 unspecified atom stereocenters. The molecule has 0 bridgehead atoms. The Labute approximate surface area is 92.6 Å². The number of benzene rings is 1. The van der Waals surface area contributed by atoms with Gasteiger partial charge >= 0.3 is 0 Å². The Hall–Kier alpha value is -0.800. The lowest BCUT2D eigenvalue weighted by Gasteiger charge is -2.10. The van der Waals surface area contributed by atoms with Crippen LogP contribution in [0, 0.1) is 11.7 Å². The average molecular weight is 231 g/mol. The molecule has 1 N–H and O–H groups in total. The van der Waals surface area contributed by atoms with Gasteiger partial charge in [-0.3, -0.25) is 0 Å². The molecular formula is C11H12ClFO2. The van der Waals surface area contributed by atoms with E-state index in [0.29, 0.717) is 11.3 Å². The normalized spacial score (nSPS) is 24.0. The second-order valence-electron chi connectivity index (χ2n) is 3.76. The highest BCUT2D eigenvalue weighted by Crippen LogP contribution is 2.52. The summed E-state index contributed by atoms with van der Waals surface area (Å²) in [5.41, 5.74) is 0.693. The first-order valence-electron chi connectivity index (χ1n) is 4.81. The molecule has 0 aromatic heterocycles. The maximum absolute atomic E-state index is 13.3. The maximum atomic E-state index is 13.3. The van der Waals surface area contributed by atoms with E-state index in [1.54, 1.807) is 6.07 Å². The van der Waals surface area contributed by atoms with Gasteiger partial charge in [0, 0.05) is 12.2 Å². The summed E-state index contributed by atoms with van der Waals surface area (Å²) in [7, 11) is 1.53. The molecule has 1 aliphatic rings. The third-order valence-corrected chi connectivity index (χ3v) is 3.22. The van der Waals surface area contributed by atoms with Gasteiger partial charge in [0.15, 0.2) is 0 Å². The molecule has 1 saturated carbocycles. The van der Waals surface area contributed by atoms with Gasteiger partial charge < -0.3 is 9.84 Å². The summed E-state index contributed by atoms with van der Waals surface area (Å²) in [5.74, 6) is 0.491. The molecule has 1 aromatic carbocycles. The molecule has 0 saturated heterocycles. The Bertz CT molecular complexity index is 381. The molecule has 2 atom stereocenters. The summed E-state index contributed by atoms with van der Waals surface area (Å²) in [6, 6.07) is 2.87. The fourth-order valence-electron chi connectivity index (χ4n) is 1.88. The summed E-state index contributed by atoms with van der Waals surface area (Å²) < 4.78 is 18.4. The van der Waals surface area contributed by atoms with E-state index in [1.165, 1.54) is 13.2 Å². The van der Waals surface area contributed by atoms with Crippen LogP contribution in [-0.2, 0) is 0 Å². The van der Waals surface area contributed by atoms with Crippen LogP contribution in [0.3, 0.4) is 0 Å². The molecule has 82 valence electrons. The number of hydrogen-bond acceptors (Lipinski definition) is 2. The van der Waals surface area contributed by atoms with Gasteiger partial charge in [0.1, 0.15) is 11.6 Å². The quantitative estimate of drug-likeness (QED) is 0.865. The molecule has 0 heterocycles. The van der Waals surface area contributed by atoms with Crippen molar-refractivity contribution in [2.24, 2.45) is 5.92 Å². The smallest absolute Gasteiger partial charge is 0.142 e. The van der Waals surface area contributed by atoms with Crippen LogP contribution in [0.15, 0.2) is 12.1 Å². The van der Waals surface area contributed by atoms with Crippen LogP contribution in [0.4, 0.5) is 4.39 Å². The standard InChI is InChI=1S/C11H12ClFO2/c1-15-9-3-2-8(13)11(12)10(9)7-4-6(7)5-14/h2-3,6-7,14H,4-5H2,1H3. The number of halogens is 2. The first kappa shape index (κ1) is 10.7. The number of methoxy groups -OCH3 is 1. The van der Waals surface area contributed by atoms with E-state index in [-0.39, 0.29) is 23.5 Å². The van der Waals surface area contributed by atoms with Gasteiger partial charge in [-0.1, -0.05) is 11.6 Å². The zero-order chi connectivity index (χ0) is 11.0. The van der Waals surface area contributed by atoms with Crippen LogP contribution in [0.5, 0.6) is 5.75 Å². The topological polar surface area (TPSA) is 29.5 Å². The first-order chi connectivity index (χ1) is 7.19. The third-order valence-electron chi connectivity index (χ3n) is 2.84. The molecule has 4 heteroatoms. The third kappa shape index (κ3) is 1.82. The largest absolute Gasteiger partial charge is 0.496 e. The van der Waals surface area contributed by atoms with Crippen molar-refractivity contribution in [2.75, 3.05) is 13.7 Å². The molecule has 0 radical (unpaired) electrons. The van der Waals surface area contributed by atoms with Gasteiger partial charge in [-0.25, -0.2) is 4.39 Å². The number of rotatable bonds is 3. The second-order valence-corrected chi connectivity index (χ2v) is 4.14. The molecule has 0 spiro atoms. The molecule has 2 rings (SSSR count). The first-order valence-corrected chi connectivity index (χ1v) is 5.19. The predicted octanol–water partition coefficient (Wildman–Crippen LogP) is 2.58. The lowest BCUT2D eigenvalue weighted by Crippen LogP contribution is -1.96. The van der Waals surface area contributed by atoms with Crippen molar-refractivity contribution in [1.82, 2.24) is 0 Å². The average Bonchev–Trinajstić information content (AvgIpc) is 3.00. The summed E-state index contributed by atoms with van der Waals surface area (Å²) >= 11 is 5.90. The fraction of sp³-hybridized carbons (Fsp3) is 0.455. The van der Waals surface area contributed by atoms with Crippen molar-refractivity contribution in [1.29, 1.82) is 0 Å². The molecule has 1 aromatic rings. The van der Waals surface area contributed by atoms with Gasteiger partial charge in [-0.05, 0) is 30.4 Å². The lowest BCUT2D eigenvalue weighted by molar-refractivity contribution is 0.273. The van der Waals surface area contributed by atoms with Crippen LogP contribution < -0.4 is 4.74 Å². The van der Waals surface area contributed by atoms with Gasteiger partial charge in [-0.2, -0.15) is 0 Å². The van der Waals surface area contributed by atoms with Crippen molar-refractivity contribution in [3.05, 3.63) is 28.5 Å². The molecule has 15 heavy (non-hydrogen) atoms. The fourth-order valence-corrected chi connectivity index (χ4v) is 2.17. The van der Waals surface area contributed by atoms with Gasteiger partial charge in [0.25, 0.3) is 0 Å². The monoisotopic (exact) mass is 230 g/mol. The summed E-state index contributed by atoms with van der Waals surface area (Å²) in [6.07, 6.45) is 0.843. The van der Waals surface area contributed by atoms with E-state index in [9.17, 15) is 4.39 Å². The van der Waals surface area contributed by atoms with Crippen LogP contribution in [0.1, 0.15) is 17.9 Å². The van der Waals surface area contributed by atoms with E-state index in [0.717, 1.165) is 6.42 Å². The number of aliphatic hydroxyl groups excluding tert-OH is 1. The molecule has 0 amide bonds. The second kappa shape index (κ2) is 3.99. The highest BCUT2D eigenvalue weighted by atomic mass is 35.5. The summed E-state index contributed by atoms with van der Waals surface area (Å²) in [5, 5.41) is 9.10. The maximum Gasteiger partial charge on any atom is 0.142 e. The molecule has 2 nitrogen and oxygen atoms in total. The Kier molecular flexibility index (Phi) is 2.85. The Balaban J connectivity index is 2.39. The predicted molar refractivity (Wildman–Crippen MR) is 55.9 cm³/mol. The Morgan fingerprint density at radius 3 is 2.87 bits per heavy atom. The Morgan fingerprint density at radius 1 is 1.60 bits per heavy atom.